The van der Waals surface area contributed by atoms with E-state index in [0.717, 1.165) is 38.8 Å². The van der Waals surface area contributed by atoms with Gasteiger partial charge >= 0.3 is 5.97 Å². The van der Waals surface area contributed by atoms with Crippen molar-refractivity contribution in [3.05, 3.63) is 70.8 Å². The van der Waals surface area contributed by atoms with E-state index in [1.807, 2.05) is 57.2 Å². The number of ether oxygens (including phenoxy) is 1. The molecule has 0 aliphatic heterocycles. The lowest BCUT2D eigenvalue weighted by Gasteiger charge is -2.02. The van der Waals surface area contributed by atoms with Gasteiger partial charge in [0.2, 0.25) is 5.89 Å². The molecule has 0 fully saturated rings. The fourth-order valence-corrected chi connectivity index (χ4v) is 3.03. The van der Waals surface area contributed by atoms with Crippen molar-refractivity contribution in [2.45, 2.75) is 33.8 Å². The molecule has 0 bridgehead atoms. The fourth-order valence-electron chi connectivity index (χ4n) is 3.03. The number of esters is 1. The maximum Gasteiger partial charge on any atom is 0.310 e. The summed E-state index contributed by atoms with van der Waals surface area (Å²) in [5.41, 5.74) is 5.80. The summed E-state index contributed by atoms with van der Waals surface area (Å²) < 4.78 is 16.5. The largest absolute Gasteiger partial charge is 0.464 e. The van der Waals surface area contributed by atoms with Gasteiger partial charge in [-0.2, -0.15) is 0 Å². The van der Waals surface area contributed by atoms with Crippen LogP contribution in [-0.4, -0.2) is 16.2 Å². The number of aromatic nitrogens is 2. The molecule has 2 heterocycles. The van der Waals surface area contributed by atoms with E-state index in [9.17, 15) is 4.79 Å². The quantitative estimate of drug-likeness (QED) is 0.470. The Balaban J connectivity index is 1.41. The van der Waals surface area contributed by atoms with Crippen LogP contribution >= 0.6 is 0 Å². The smallest absolute Gasteiger partial charge is 0.310 e. The van der Waals surface area contributed by atoms with Gasteiger partial charge in [0.15, 0.2) is 6.61 Å². The number of carbonyl (C=O) groups is 1. The van der Waals surface area contributed by atoms with Gasteiger partial charge < -0.3 is 13.6 Å². The third kappa shape index (κ3) is 3.67. The summed E-state index contributed by atoms with van der Waals surface area (Å²) in [5, 5.41) is 8.90. The molecule has 2 aromatic heterocycles. The number of aryl methyl sites for hydroxylation is 3. The number of hydrogen-bond acceptors (Lipinski definition) is 6. The number of nitrogens with zero attached hydrogens (tertiary/aromatic N) is 2. The molecule has 0 aliphatic carbocycles. The Morgan fingerprint density at radius 2 is 1.89 bits per heavy atom. The van der Waals surface area contributed by atoms with Crippen LogP contribution in [-0.2, 0) is 22.6 Å². The molecule has 0 spiro atoms. The van der Waals surface area contributed by atoms with Crippen LogP contribution in [0.1, 0.15) is 28.1 Å². The van der Waals surface area contributed by atoms with Gasteiger partial charge in [-0.15, -0.1) is 10.2 Å². The number of rotatable bonds is 5. The average molecular weight is 376 g/mol. The molecule has 0 atom stereocenters. The second kappa shape index (κ2) is 7.31. The maximum atomic E-state index is 12.2. The summed E-state index contributed by atoms with van der Waals surface area (Å²) >= 11 is 0. The van der Waals surface area contributed by atoms with Crippen LogP contribution in [0.15, 0.2) is 51.5 Å². The minimum absolute atomic E-state index is 0.0639. The van der Waals surface area contributed by atoms with Gasteiger partial charge in [-0.1, -0.05) is 17.7 Å². The summed E-state index contributed by atoms with van der Waals surface area (Å²) in [6.07, 6.45) is 1.72. The van der Waals surface area contributed by atoms with E-state index >= 15 is 0 Å². The van der Waals surface area contributed by atoms with Gasteiger partial charge in [0.25, 0.3) is 5.89 Å². The van der Waals surface area contributed by atoms with Crippen LogP contribution in [0.5, 0.6) is 0 Å². The summed E-state index contributed by atoms with van der Waals surface area (Å²) in [6, 6.07) is 11.8. The predicted octanol–water partition coefficient (Wildman–Crippen LogP) is 4.69. The zero-order valence-electron chi connectivity index (χ0n) is 16.0. The first-order valence-electron chi connectivity index (χ1n) is 9.02. The normalized spacial score (nSPS) is 11.1. The van der Waals surface area contributed by atoms with Crippen LogP contribution in [0.4, 0.5) is 0 Å². The Kier molecular flexibility index (Phi) is 4.69. The first kappa shape index (κ1) is 18.0. The van der Waals surface area contributed by atoms with E-state index in [4.69, 9.17) is 13.6 Å². The van der Waals surface area contributed by atoms with Crippen molar-refractivity contribution in [2.24, 2.45) is 0 Å². The lowest BCUT2D eigenvalue weighted by Crippen LogP contribution is -2.08. The molecule has 28 heavy (non-hydrogen) atoms. The molecule has 0 aliphatic rings. The van der Waals surface area contributed by atoms with Crippen LogP contribution in [0, 0.1) is 20.8 Å². The summed E-state index contributed by atoms with van der Waals surface area (Å²) in [5.74, 6) is 0.283. The van der Waals surface area contributed by atoms with Crippen molar-refractivity contribution in [3.8, 4) is 11.5 Å². The van der Waals surface area contributed by atoms with Gasteiger partial charge in [-0.05, 0) is 56.2 Å². The minimum Gasteiger partial charge on any atom is -0.464 e. The standard InChI is InChI=1S/C22H20N2O4/c1-13-5-4-6-16(7-13)22-24-23-20(28-22)12-27-21(25)10-17-11-26-19-9-15(3)14(2)8-18(17)19/h4-9,11H,10,12H2,1-3H3. The zero-order chi connectivity index (χ0) is 19.7. The van der Waals surface area contributed by atoms with Crippen molar-refractivity contribution in [2.75, 3.05) is 0 Å². The van der Waals surface area contributed by atoms with Gasteiger partial charge in [-0.25, -0.2) is 0 Å². The number of carbonyl (C=O) groups excluding carboxylic acids is 1. The molecule has 0 saturated heterocycles. The molecule has 0 N–H and O–H groups in total. The number of benzene rings is 2. The molecule has 2 aromatic carbocycles. The Morgan fingerprint density at radius 3 is 2.71 bits per heavy atom. The van der Waals surface area contributed by atoms with Gasteiger partial charge in [0, 0.05) is 16.5 Å². The van der Waals surface area contributed by atoms with E-state index in [1.54, 1.807) is 6.26 Å². The zero-order valence-corrected chi connectivity index (χ0v) is 16.0. The lowest BCUT2D eigenvalue weighted by molar-refractivity contribution is -0.144. The molecule has 0 amide bonds. The van der Waals surface area contributed by atoms with E-state index in [1.165, 1.54) is 0 Å². The van der Waals surface area contributed by atoms with E-state index in [0.29, 0.717) is 5.89 Å². The average Bonchev–Trinajstić information content (AvgIpc) is 3.28. The Hall–Kier alpha value is -3.41. The van der Waals surface area contributed by atoms with E-state index < -0.39 is 0 Å². The van der Waals surface area contributed by atoms with Crippen molar-refractivity contribution >= 4 is 16.9 Å². The highest BCUT2D eigenvalue weighted by atomic mass is 16.5. The first-order chi connectivity index (χ1) is 13.5. The molecule has 0 unspecified atom stereocenters. The van der Waals surface area contributed by atoms with Crippen LogP contribution in [0.3, 0.4) is 0 Å². The first-order valence-corrected chi connectivity index (χ1v) is 9.02. The highest BCUT2D eigenvalue weighted by molar-refractivity contribution is 5.86. The Labute approximate surface area is 162 Å². The maximum absolute atomic E-state index is 12.2. The van der Waals surface area contributed by atoms with Gasteiger partial charge in [-0.3, -0.25) is 4.79 Å². The molecule has 0 saturated carbocycles. The molecule has 0 radical (unpaired) electrons. The third-order valence-corrected chi connectivity index (χ3v) is 4.69. The second-order valence-electron chi connectivity index (χ2n) is 6.90. The molecule has 142 valence electrons. The highest BCUT2D eigenvalue weighted by Crippen LogP contribution is 2.25. The summed E-state index contributed by atoms with van der Waals surface area (Å²) in [4.78, 5) is 12.2. The van der Waals surface area contributed by atoms with Crippen molar-refractivity contribution in [1.29, 1.82) is 0 Å². The van der Waals surface area contributed by atoms with Crippen molar-refractivity contribution in [3.63, 3.8) is 0 Å². The van der Waals surface area contributed by atoms with E-state index in [2.05, 4.69) is 10.2 Å². The van der Waals surface area contributed by atoms with Gasteiger partial charge in [0.1, 0.15) is 5.58 Å². The SMILES string of the molecule is Cc1cccc(-c2nnc(COC(=O)Cc3coc4cc(C)c(C)cc34)o2)c1. The number of furan rings is 1. The van der Waals surface area contributed by atoms with Crippen molar-refractivity contribution in [1.82, 2.24) is 10.2 Å². The second-order valence-corrected chi connectivity index (χ2v) is 6.90. The minimum atomic E-state index is -0.378. The van der Waals surface area contributed by atoms with E-state index in [-0.39, 0.29) is 24.9 Å². The lowest BCUT2D eigenvalue weighted by atomic mass is 10.0. The summed E-state index contributed by atoms with van der Waals surface area (Å²) in [7, 11) is 0. The predicted molar refractivity (Wildman–Crippen MR) is 104 cm³/mol. The Morgan fingerprint density at radius 1 is 1.07 bits per heavy atom. The molecular weight excluding hydrogens is 356 g/mol. The van der Waals surface area contributed by atoms with Crippen LogP contribution in [0.25, 0.3) is 22.4 Å². The van der Waals surface area contributed by atoms with Crippen LogP contribution < -0.4 is 0 Å². The number of fused-ring (bicyclic) bond motifs is 1. The number of hydrogen-bond donors (Lipinski definition) is 0. The molecule has 6 nitrogen and oxygen atoms in total. The Bertz CT molecular complexity index is 1160. The van der Waals surface area contributed by atoms with Gasteiger partial charge in [0.05, 0.1) is 12.7 Å². The molecular formula is C22H20N2O4. The highest BCUT2D eigenvalue weighted by Gasteiger charge is 2.15. The molecule has 4 rings (SSSR count). The summed E-state index contributed by atoms with van der Waals surface area (Å²) in [6.45, 7) is 5.99. The molecule has 6 heteroatoms. The fraction of sp³-hybridized carbons (Fsp3) is 0.227. The topological polar surface area (TPSA) is 78.4 Å². The van der Waals surface area contributed by atoms with Crippen LogP contribution in [0.2, 0.25) is 0 Å². The molecule has 4 aromatic rings. The monoisotopic (exact) mass is 376 g/mol. The van der Waals surface area contributed by atoms with Crippen molar-refractivity contribution < 1.29 is 18.4 Å². The third-order valence-electron chi connectivity index (χ3n) is 4.69.